The SMILES string of the molecule is CC(C)c1ccc(OCC(=O)O)c(C(=O)O)c1. The van der Waals surface area contributed by atoms with Crippen LogP contribution in [-0.4, -0.2) is 28.8 Å². The van der Waals surface area contributed by atoms with Crippen molar-refractivity contribution < 1.29 is 24.5 Å². The maximum absolute atomic E-state index is 11.0. The summed E-state index contributed by atoms with van der Waals surface area (Å²) in [6, 6.07) is 4.72. The van der Waals surface area contributed by atoms with Crippen LogP contribution in [0.5, 0.6) is 5.75 Å². The molecular formula is C12H14O5. The highest BCUT2D eigenvalue weighted by atomic mass is 16.5. The van der Waals surface area contributed by atoms with E-state index in [1.54, 1.807) is 6.07 Å². The third-order valence-electron chi connectivity index (χ3n) is 2.25. The second kappa shape index (κ2) is 5.34. The van der Waals surface area contributed by atoms with Gasteiger partial charge in [-0.1, -0.05) is 19.9 Å². The second-order valence-electron chi connectivity index (χ2n) is 3.90. The van der Waals surface area contributed by atoms with Gasteiger partial charge in [-0.25, -0.2) is 9.59 Å². The summed E-state index contributed by atoms with van der Waals surface area (Å²) in [5.74, 6) is -2.01. The van der Waals surface area contributed by atoms with Gasteiger partial charge in [-0.2, -0.15) is 0 Å². The summed E-state index contributed by atoms with van der Waals surface area (Å²) in [6.07, 6.45) is 0. The zero-order valence-corrected chi connectivity index (χ0v) is 9.64. The molecule has 5 heteroatoms. The van der Waals surface area contributed by atoms with E-state index in [0.29, 0.717) is 0 Å². The van der Waals surface area contributed by atoms with Crippen LogP contribution < -0.4 is 4.74 Å². The molecule has 0 aliphatic carbocycles. The lowest BCUT2D eigenvalue weighted by Gasteiger charge is -2.11. The molecule has 92 valence electrons. The lowest BCUT2D eigenvalue weighted by Crippen LogP contribution is -2.12. The molecule has 1 aromatic rings. The van der Waals surface area contributed by atoms with Crippen molar-refractivity contribution in [1.29, 1.82) is 0 Å². The summed E-state index contributed by atoms with van der Waals surface area (Å²) in [4.78, 5) is 21.4. The summed E-state index contributed by atoms with van der Waals surface area (Å²) >= 11 is 0. The van der Waals surface area contributed by atoms with E-state index in [9.17, 15) is 9.59 Å². The molecule has 2 N–H and O–H groups in total. The summed E-state index contributed by atoms with van der Waals surface area (Å²) in [7, 11) is 0. The van der Waals surface area contributed by atoms with Gasteiger partial charge in [0, 0.05) is 0 Å². The molecule has 0 unspecified atom stereocenters. The average Bonchev–Trinajstić information content (AvgIpc) is 2.25. The van der Waals surface area contributed by atoms with Gasteiger partial charge in [0.05, 0.1) is 0 Å². The Bertz CT molecular complexity index is 437. The van der Waals surface area contributed by atoms with Crippen LogP contribution >= 0.6 is 0 Å². The van der Waals surface area contributed by atoms with Gasteiger partial charge in [0.15, 0.2) is 6.61 Å². The molecule has 1 aromatic carbocycles. The molecule has 0 saturated heterocycles. The number of carboxylic acids is 2. The molecule has 0 radical (unpaired) electrons. The smallest absolute Gasteiger partial charge is 0.341 e. The summed E-state index contributed by atoms with van der Waals surface area (Å²) in [5, 5.41) is 17.5. The predicted octanol–water partition coefficient (Wildman–Crippen LogP) is 1.97. The minimum absolute atomic E-state index is 0.0162. The van der Waals surface area contributed by atoms with Gasteiger partial charge in [-0.05, 0) is 23.6 Å². The summed E-state index contributed by atoms with van der Waals surface area (Å²) < 4.78 is 4.91. The molecule has 0 bridgehead atoms. The van der Waals surface area contributed by atoms with Gasteiger partial charge >= 0.3 is 11.9 Å². The standard InChI is InChI=1S/C12H14O5/c1-7(2)8-3-4-10(17-6-11(13)14)9(5-8)12(15)16/h3-5,7H,6H2,1-2H3,(H,13,14)(H,15,16). The number of carbonyl (C=O) groups is 2. The number of ether oxygens (including phenoxy) is 1. The molecular weight excluding hydrogens is 224 g/mol. The van der Waals surface area contributed by atoms with Crippen LogP contribution in [0.3, 0.4) is 0 Å². The van der Waals surface area contributed by atoms with E-state index in [0.717, 1.165) is 5.56 Å². The Kier molecular flexibility index (Phi) is 4.09. The lowest BCUT2D eigenvalue weighted by molar-refractivity contribution is -0.139. The van der Waals surface area contributed by atoms with Crippen LogP contribution in [0.2, 0.25) is 0 Å². The van der Waals surface area contributed by atoms with E-state index in [1.807, 2.05) is 13.8 Å². The Morgan fingerprint density at radius 2 is 1.94 bits per heavy atom. The molecule has 0 amide bonds. The van der Waals surface area contributed by atoms with Gasteiger partial charge in [-0.3, -0.25) is 0 Å². The Morgan fingerprint density at radius 3 is 2.41 bits per heavy atom. The van der Waals surface area contributed by atoms with Crippen LogP contribution in [-0.2, 0) is 4.79 Å². The Morgan fingerprint density at radius 1 is 1.29 bits per heavy atom. The van der Waals surface area contributed by atoms with Crippen molar-refractivity contribution in [2.75, 3.05) is 6.61 Å². The normalized spacial score (nSPS) is 10.3. The molecule has 0 aromatic heterocycles. The maximum atomic E-state index is 11.0. The highest BCUT2D eigenvalue weighted by molar-refractivity contribution is 5.91. The van der Waals surface area contributed by atoms with E-state index in [1.165, 1.54) is 12.1 Å². The molecule has 0 aliphatic heterocycles. The van der Waals surface area contributed by atoms with Gasteiger partial charge < -0.3 is 14.9 Å². The summed E-state index contributed by atoms with van der Waals surface area (Å²) in [5.41, 5.74) is 0.850. The average molecular weight is 238 g/mol. The fourth-order valence-corrected chi connectivity index (χ4v) is 1.34. The number of hydrogen-bond acceptors (Lipinski definition) is 3. The number of aliphatic carboxylic acids is 1. The van der Waals surface area contributed by atoms with Crippen molar-refractivity contribution in [1.82, 2.24) is 0 Å². The van der Waals surface area contributed by atoms with Crippen molar-refractivity contribution in [2.24, 2.45) is 0 Å². The molecule has 0 saturated carbocycles. The van der Waals surface area contributed by atoms with Crippen molar-refractivity contribution in [3.63, 3.8) is 0 Å². The first-order valence-electron chi connectivity index (χ1n) is 5.13. The van der Waals surface area contributed by atoms with E-state index in [4.69, 9.17) is 14.9 Å². The second-order valence-corrected chi connectivity index (χ2v) is 3.90. The minimum Gasteiger partial charge on any atom is -0.481 e. The first-order valence-corrected chi connectivity index (χ1v) is 5.13. The topological polar surface area (TPSA) is 83.8 Å². The van der Waals surface area contributed by atoms with Crippen molar-refractivity contribution in [3.8, 4) is 5.75 Å². The molecule has 0 aliphatic rings. The van der Waals surface area contributed by atoms with E-state index in [2.05, 4.69) is 0 Å². The molecule has 0 fully saturated rings. The molecule has 17 heavy (non-hydrogen) atoms. The fraction of sp³-hybridized carbons (Fsp3) is 0.333. The van der Waals surface area contributed by atoms with Crippen LogP contribution in [0, 0.1) is 0 Å². The maximum Gasteiger partial charge on any atom is 0.341 e. The van der Waals surface area contributed by atoms with E-state index < -0.39 is 18.5 Å². The van der Waals surface area contributed by atoms with Crippen molar-refractivity contribution >= 4 is 11.9 Å². The van der Waals surface area contributed by atoms with Gasteiger partial charge in [0.1, 0.15) is 11.3 Å². The number of rotatable bonds is 5. The van der Waals surface area contributed by atoms with Gasteiger partial charge in [0.25, 0.3) is 0 Å². The molecule has 0 spiro atoms. The third kappa shape index (κ3) is 3.48. The van der Waals surface area contributed by atoms with Crippen molar-refractivity contribution in [3.05, 3.63) is 29.3 Å². The van der Waals surface area contributed by atoms with Gasteiger partial charge in [0.2, 0.25) is 0 Å². The zero-order chi connectivity index (χ0) is 13.0. The number of hydrogen-bond donors (Lipinski definition) is 2. The molecule has 5 nitrogen and oxygen atoms in total. The number of benzene rings is 1. The minimum atomic E-state index is -1.14. The Hall–Kier alpha value is -2.04. The quantitative estimate of drug-likeness (QED) is 0.819. The van der Waals surface area contributed by atoms with E-state index in [-0.39, 0.29) is 17.2 Å². The Balaban J connectivity index is 3.04. The highest BCUT2D eigenvalue weighted by Crippen LogP contribution is 2.24. The molecule has 1 rings (SSSR count). The number of aromatic carboxylic acids is 1. The van der Waals surface area contributed by atoms with Crippen LogP contribution in [0.4, 0.5) is 0 Å². The molecule has 0 atom stereocenters. The zero-order valence-electron chi connectivity index (χ0n) is 9.64. The van der Waals surface area contributed by atoms with Gasteiger partial charge in [-0.15, -0.1) is 0 Å². The van der Waals surface area contributed by atoms with Crippen LogP contribution in [0.15, 0.2) is 18.2 Å². The first-order chi connectivity index (χ1) is 7.91. The monoisotopic (exact) mass is 238 g/mol. The predicted molar refractivity (Wildman–Crippen MR) is 60.6 cm³/mol. The molecule has 0 heterocycles. The van der Waals surface area contributed by atoms with Crippen LogP contribution in [0.1, 0.15) is 35.7 Å². The largest absolute Gasteiger partial charge is 0.481 e. The summed E-state index contributed by atoms with van der Waals surface area (Å²) in [6.45, 7) is 3.33. The Labute approximate surface area is 98.6 Å². The highest BCUT2D eigenvalue weighted by Gasteiger charge is 2.14. The fourth-order valence-electron chi connectivity index (χ4n) is 1.34. The van der Waals surface area contributed by atoms with Crippen molar-refractivity contribution in [2.45, 2.75) is 19.8 Å². The number of carboxylic acid groups (broad SMARTS) is 2. The first kappa shape index (κ1) is 13.0. The third-order valence-corrected chi connectivity index (χ3v) is 2.25. The van der Waals surface area contributed by atoms with E-state index >= 15 is 0 Å². The lowest BCUT2D eigenvalue weighted by atomic mass is 10.0. The van der Waals surface area contributed by atoms with Crippen LogP contribution in [0.25, 0.3) is 0 Å².